The predicted molar refractivity (Wildman–Crippen MR) is 84.8 cm³/mol. The van der Waals surface area contributed by atoms with Gasteiger partial charge in [-0.15, -0.1) is 5.54 Å². The van der Waals surface area contributed by atoms with Crippen LogP contribution >= 0.6 is 0 Å². The van der Waals surface area contributed by atoms with E-state index in [1.54, 1.807) is 0 Å². The maximum Gasteiger partial charge on any atom is 0.171 e. The first-order chi connectivity index (χ1) is 8.57. The summed E-state index contributed by atoms with van der Waals surface area (Å²) >= 11 is 0. The van der Waals surface area contributed by atoms with E-state index in [0.717, 1.165) is 0 Å². The third-order valence-electron chi connectivity index (χ3n) is 3.98. The number of Topliss-reactive ketones (excluding diaryl/α,β-unsaturated/α-hetero) is 1. The molecule has 1 N–H and O–H groups in total. The van der Waals surface area contributed by atoms with Crippen molar-refractivity contribution >= 4 is 13.9 Å². The first kappa shape index (κ1) is 18.0. The molecule has 0 rings (SSSR count). The van der Waals surface area contributed by atoms with Crippen LogP contribution in [0.2, 0.25) is 16.6 Å². The quantitative estimate of drug-likeness (QED) is 0.353. The summed E-state index contributed by atoms with van der Waals surface area (Å²) in [6.07, 6.45) is 0. The molecule has 0 fully saturated rings. The Labute approximate surface area is 119 Å². The van der Waals surface area contributed by atoms with Crippen LogP contribution in [0.1, 0.15) is 55.4 Å². The van der Waals surface area contributed by atoms with Crippen LogP contribution in [0.4, 0.5) is 0 Å². The van der Waals surface area contributed by atoms with E-state index in [2.05, 4.69) is 53.0 Å². The van der Waals surface area contributed by atoms with E-state index in [1.807, 2.05) is 0 Å². The van der Waals surface area contributed by atoms with Gasteiger partial charge >= 0.3 is 0 Å². The molecule has 0 aliphatic rings. The van der Waals surface area contributed by atoms with E-state index in [1.165, 1.54) is 13.8 Å². The summed E-state index contributed by atoms with van der Waals surface area (Å²) in [7, 11) is -1.84. The summed E-state index contributed by atoms with van der Waals surface area (Å²) in [5.74, 6) is 2.86. The second-order valence-corrected chi connectivity index (χ2v) is 11.7. The molecule has 0 aliphatic carbocycles. The van der Waals surface area contributed by atoms with Crippen LogP contribution in [-0.4, -0.2) is 19.0 Å². The van der Waals surface area contributed by atoms with Crippen molar-refractivity contribution in [1.82, 2.24) is 0 Å². The highest BCUT2D eigenvalue weighted by atomic mass is 28.3. The number of aliphatic hydroxyl groups is 1. The molecule has 0 spiro atoms. The van der Waals surface area contributed by atoms with Gasteiger partial charge in [0.2, 0.25) is 0 Å². The van der Waals surface area contributed by atoms with Crippen LogP contribution < -0.4 is 0 Å². The highest BCUT2D eigenvalue weighted by Crippen LogP contribution is 2.40. The van der Waals surface area contributed by atoms with Gasteiger partial charge in [-0.25, -0.2) is 0 Å². The van der Waals surface area contributed by atoms with Gasteiger partial charge in [0.15, 0.2) is 5.78 Å². The Hall–Kier alpha value is -1.01. The number of carbonyl (C=O) groups is 1. The zero-order valence-electron chi connectivity index (χ0n) is 13.6. The fraction of sp³-hybridized carbons (Fsp3) is 0.688. The van der Waals surface area contributed by atoms with Gasteiger partial charge < -0.3 is 5.11 Å². The molecule has 0 aromatic heterocycles. The largest absolute Gasteiger partial charge is 0.511 e. The molecule has 0 atom stereocenters. The summed E-state index contributed by atoms with van der Waals surface area (Å²) in [5, 5.41) is 9.57. The Morgan fingerprint density at radius 2 is 1.32 bits per heavy atom. The molecule has 19 heavy (non-hydrogen) atoms. The number of ketones is 1. The molecule has 0 unspecified atom stereocenters. The van der Waals surface area contributed by atoms with Crippen LogP contribution in [-0.2, 0) is 4.79 Å². The number of rotatable bonds is 4. The number of aliphatic hydroxyl groups excluding tert-OH is 1. The summed E-state index contributed by atoms with van der Waals surface area (Å²) in [5.41, 5.74) is 5.27. The van der Waals surface area contributed by atoms with E-state index in [9.17, 15) is 9.90 Å². The number of carbonyl (C=O) groups excluding carboxylic acids is 1. The second kappa shape index (κ2) is 6.95. The molecule has 0 radical (unpaired) electrons. The highest BCUT2D eigenvalue weighted by molar-refractivity contribution is 6.90. The third kappa shape index (κ3) is 3.97. The molecule has 0 heterocycles. The van der Waals surface area contributed by atoms with Crippen LogP contribution in [0.25, 0.3) is 0 Å². The molecular weight excluding hydrogens is 252 g/mol. The van der Waals surface area contributed by atoms with Crippen LogP contribution in [0.3, 0.4) is 0 Å². The lowest BCUT2D eigenvalue weighted by Gasteiger charge is -2.38. The minimum absolute atomic E-state index is 0.0270. The summed E-state index contributed by atoms with van der Waals surface area (Å²) in [6.45, 7) is 16.3. The summed E-state index contributed by atoms with van der Waals surface area (Å²) in [6, 6.07) is 0. The Morgan fingerprint density at radius 3 is 1.53 bits per heavy atom. The van der Waals surface area contributed by atoms with Crippen molar-refractivity contribution in [3.8, 4) is 11.5 Å². The lowest BCUT2D eigenvalue weighted by atomic mass is 10.2. The van der Waals surface area contributed by atoms with Crippen molar-refractivity contribution in [2.75, 3.05) is 0 Å². The molecule has 0 saturated heterocycles. The summed E-state index contributed by atoms with van der Waals surface area (Å²) in [4.78, 5) is 11.5. The number of hydrogen-bond donors (Lipinski definition) is 1. The molecule has 0 amide bonds. The van der Waals surface area contributed by atoms with Crippen LogP contribution in [0, 0.1) is 11.5 Å². The van der Waals surface area contributed by atoms with Gasteiger partial charge in [0.25, 0.3) is 0 Å². The zero-order chi connectivity index (χ0) is 15.4. The fourth-order valence-corrected chi connectivity index (χ4v) is 8.24. The highest BCUT2D eigenvalue weighted by Gasteiger charge is 2.41. The van der Waals surface area contributed by atoms with Gasteiger partial charge in [-0.2, -0.15) is 0 Å². The van der Waals surface area contributed by atoms with Crippen LogP contribution in [0.5, 0.6) is 0 Å². The average Bonchev–Trinajstić information content (AvgIpc) is 2.21. The van der Waals surface area contributed by atoms with Crippen molar-refractivity contribution < 1.29 is 9.90 Å². The Morgan fingerprint density at radius 1 is 0.947 bits per heavy atom. The minimum Gasteiger partial charge on any atom is -0.511 e. The standard InChI is InChI=1S/C16H28O2Si/c1-11(2)19(12(3)4,13(5)6)10-9-16(14(7)17)15(8)18/h11-13,17H,1-8H3/b16-14+. The molecule has 108 valence electrons. The van der Waals surface area contributed by atoms with E-state index >= 15 is 0 Å². The van der Waals surface area contributed by atoms with Crippen molar-refractivity contribution in [1.29, 1.82) is 0 Å². The molecule has 0 aromatic rings. The van der Waals surface area contributed by atoms with Gasteiger partial charge in [0.1, 0.15) is 19.4 Å². The van der Waals surface area contributed by atoms with E-state index < -0.39 is 8.07 Å². The maximum absolute atomic E-state index is 11.5. The SMILES string of the molecule is CC(=O)/C(C#C[Si](C(C)C)(C(C)C)C(C)C)=C(\C)O. The lowest BCUT2D eigenvalue weighted by molar-refractivity contribution is -0.113. The Bertz CT molecular complexity index is 394. The van der Waals surface area contributed by atoms with Crippen molar-refractivity contribution in [2.24, 2.45) is 0 Å². The van der Waals surface area contributed by atoms with Crippen molar-refractivity contribution in [2.45, 2.75) is 72.0 Å². The first-order valence-corrected chi connectivity index (χ1v) is 9.24. The van der Waals surface area contributed by atoms with Gasteiger partial charge in [-0.05, 0) is 30.5 Å². The molecular formula is C16H28O2Si. The molecule has 3 heteroatoms. The van der Waals surface area contributed by atoms with Gasteiger partial charge in [0.05, 0.1) is 0 Å². The van der Waals surface area contributed by atoms with E-state index in [-0.39, 0.29) is 17.1 Å². The van der Waals surface area contributed by atoms with Gasteiger partial charge in [0, 0.05) is 0 Å². The third-order valence-corrected chi connectivity index (χ3v) is 10.3. The normalized spacial score (nSPS) is 13.4. The van der Waals surface area contributed by atoms with Crippen LogP contribution in [0.15, 0.2) is 11.3 Å². The molecule has 0 aromatic carbocycles. The van der Waals surface area contributed by atoms with Gasteiger partial charge in [-0.3, -0.25) is 4.79 Å². The zero-order valence-corrected chi connectivity index (χ0v) is 14.6. The smallest absolute Gasteiger partial charge is 0.171 e. The second-order valence-electron chi connectivity index (χ2n) is 6.16. The van der Waals surface area contributed by atoms with Gasteiger partial charge in [-0.1, -0.05) is 47.5 Å². The number of hydrogen-bond acceptors (Lipinski definition) is 2. The summed E-state index contributed by atoms with van der Waals surface area (Å²) < 4.78 is 0. The lowest BCUT2D eigenvalue weighted by Crippen LogP contribution is -2.43. The van der Waals surface area contributed by atoms with E-state index in [0.29, 0.717) is 16.6 Å². The average molecular weight is 280 g/mol. The predicted octanol–water partition coefficient (Wildman–Crippen LogP) is 4.63. The Kier molecular flexibility index (Phi) is 6.58. The monoisotopic (exact) mass is 280 g/mol. The fourth-order valence-electron chi connectivity index (χ4n) is 3.04. The maximum atomic E-state index is 11.5. The minimum atomic E-state index is -1.84. The molecule has 0 saturated carbocycles. The first-order valence-electron chi connectivity index (χ1n) is 7.01. The molecule has 2 nitrogen and oxygen atoms in total. The van der Waals surface area contributed by atoms with Crippen molar-refractivity contribution in [3.05, 3.63) is 11.3 Å². The van der Waals surface area contributed by atoms with Crippen molar-refractivity contribution in [3.63, 3.8) is 0 Å². The Balaban J connectivity index is 5.87. The topological polar surface area (TPSA) is 37.3 Å². The molecule has 0 bridgehead atoms. The van der Waals surface area contributed by atoms with E-state index in [4.69, 9.17) is 0 Å². The number of allylic oxidation sites excluding steroid dienone is 2. The molecule has 0 aliphatic heterocycles.